The van der Waals surface area contributed by atoms with Gasteiger partial charge in [0.2, 0.25) is 0 Å². The Labute approximate surface area is 81.6 Å². The van der Waals surface area contributed by atoms with Gasteiger partial charge in [0.05, 0.1) is 11.9 Å². The average Bonchev–Trinajstić information content (AvgIpc) is 2.57. The maximum atomic E-state index is 9.40. The van der Waals surface area contributed by atoms with Crippen LogP contribution < -0.4 is 5.73 Å². The Bertz CT molecular complexity index is 462. The van der Waals surface area contributed by atoms with Crippen molar-refractivity contribution in [2.24, 2.45) is 0 Å². The maximum absolute atomic E-state index is 9.40. The molecule has 1 heterocycles. The number of benzene rings is 1. The van der Waals surface area contributed by atoms with Gasteiger partial charge >= 0.3 is 0 Å². The summed E-state index contributed by atoms with van der Waals surface area (Å²) >= 11 is 0. The molecule has 0 saturated heterocycles. The van der Waals surface area contributed by atoms with Gasteiger partial charge in [-0.3, -0.25) is 0 Å². The molecule has 72 valence electrons. The third-order valence-corrected chi connectivity index (χ3v) is 2.02. The van der Waals surface area contributed by atoms with E-state index in [9.17, 15) is 5.11 Å². The van der Waals surface area contributed by atoms with Crippen LogP contribution in [0.4, 0.5) is 5.69 Å². The number of rotatable bonds is 1. The molecule has 0 atom stereocenters. The molecule has 0 aliphatic heterocycles. The highest BCUT2D eigenvalue weighted by atomic mass is 16.3. The average molecular weight is 189 g/mol. The second kappa shape index (κ2) is 3.06. The number of nitrogen functional groups attached to an aromatic ring is 1. The summed E-state index contributed by atoms with van der Waals surface area (Å²) in [5.41, 5.74) is 7.80. The number of hydrogen-bond donors (Lipinski definition) is 2. The van der Waals surface area contributed by atoms with Crippen molar-refractivity contribution in [3.8, 4) is 11.4 Å². The lowest BCUT2D eigenvalue weighted by atomic mass is 10.2. The van der Waals surface area contributed by atoms with Crippen LogP contribution in [-0.2, 0) is 0 Å². The van der Waals surface area contributed by atoms with Crippen molar-refractivity contribution < 1.29 is 5.11 Å². The summed E-state index contributed by atoms with van der Waals surface area (Å²) in [5, 5.41) is 13.5. The van der Waals surface area contributed by atoms with Crippen molar-refractivity contribution in [3.05, 3.63) is 36.2 Å². The lowest BCUT2D eigenvalue weighted by Crippen LogP contribution is -1.99. The van der Waals surface area contributed by atoms with E-state index in [0.29, 0.717) is 11.4 Å². The Kier molecular flexibility index (Phi) is 1.89. The molecule has 3 N–H and O–H groups in total. The summed E-state index contributed by atoms with van der Waals surface area (Å²) < 4.78 is 1.64. The minimum Gasteiger partial charge on any atom is -0.506 e. The van der Waals surface area contributed by atoms with Gasteiger partial charge in [-0.15, -0.1) is 0 Å². The minimum absolute atomic E-state index is 0.0793. The van der Waals surface area contributed by atoms with Gasteiger partial charge < -0.3 is 10.8 Å². The Morgan fingerprint density at radius 3 is 2.86 bits per heavy atom. The molecule has 0 aliphatic rings. The first-order valence-electron chi connectivity index (χ1n) is 4.27. The number of phenolic OH excluding ortho intramolecular Hbond substituents is 1. The minimum atomic E-state index is 0.0793. The van der Waals surface area contributed by atoms with Crippen LogP contribution in [-0.4, -0.2) is 14.9 Å². The molecule has 0 spiro atoms. The summed E-state index contributed by atoms with van der Waals surface area (Å²) in [7, 11) is 0. The van der Waals surface area contributed by atoms with Crippen molar-refractivity contribution in [1.29, 1.82) is 0 Å². The number of aryl methyl sites for hydroxylation is 1. The van der Waals surface area contributed by atoms with Gasteiger partial charge in [0.1, 0.15) is 11.4 Å². The molecule has 0 fully saturated rings. The van der Waals surface area contributed by atoms with E-state index in [2.05, 4.69) is 5.10 Å². The monoisotopic (exact) mass is 189 g/mol. The number of aromatic hydroxyl groups is 1. The van der Waals surface area contributed by atoms with Crippen molar-refractivity contribution in [2.75, 3.05) is 5.73 Å². The molecule has 0 saturated carbocycles. The SMILES string of the molecule is Cc1cnn(-c2cccc(O)c2N)c1. The van der Waals surface area contributed by atoms with Gasteiger partial charge in [-0.2, -0.15) is 5.10 Å². The first-order valence-corrected chi connectivity index (χ1v) is 4.27. The van der Waals surface area contributed by atoms with E-state index in [1.54, 1.807) is 23.0 Å². The van der Waals surface area contributed by atoms with Crippen LogP contribution in [0.3, 0.4) is 0 Å². The van der Waals surface area contributed by atoms with E-state index >= 15 is 0 Å². The highest BCUT2D eigenvalue weighted by Gasteiger charge is 2.05. The topological polar surface area (TPSA) is 64.1 Å². The molecular weight excluding hydrogens is 178 g/mol. The van der Waals surface area contributed by atoms with Crippen LogP contribution in [0.5, 0.6) is 5.75 Å². The molecule has 2 rings (SSSR count). The lowest BCUT2D eigenvalue weighted by Gasteiger charge is -2.06. The summed E-state index contributed by atoms with van der Waals surface area (Å²) in [4.78, 5) is 0. The molecule has 0 bridgehead atoms. The molecule has 0 aliphatic carbocycles. The third-order valence-electron chi connectivity index (χ3n) is 2.02. The van der Waals surface area contributed by atoms with Crippen LogP contribution in [0, 0.1) is 6.92 Å². The molecule has 0 radical (unpaired) electrons. The van der Waals surface area contributed by atoms with Gasteiger partial charge in [0.25, 0.3) is 0 Å². The van der Waals surface area contributed by atoms with E-state index in [-0.39, 0.29) is 5.75 Å². The zero-order chi connectivity index (χ0) is 10.1. The normalized spacial score (nSPS) is 10.4. The van der Waals surface area contributed by atoms with Gasteiger partial charge in [0.15, 0.2) is 0 Å². The Balaban J connectivity index is 2.57. The number of anilines is 1. The summed E-state index contributed by atoms with van der Waals surface area (Å²) in [6, 6.07) is 5.09. The summed E-state index contributed by atoms with van der Waals surface area (Å²) in [6.07, 6.45) is 3.59. The van der Waals surface area contributed by atoms with E-state index in [0.717, 1.165) is 5.56 Å². The molecule has 4 nitrogen and oxygen atoms in total. The maximum Gasteiger partial charge on any atom is 0.140 e. The van der Waals surface area contributed by atoms with Crippen molar-refractivity contribution >= 4 is 5.69 Å². The molecular formula is C10H11N3O. The first-order chi connectivity index (χ1) is 6.68. The fraction of sp³-hybridized carbons (Fsp3) is 0.100. The van der Waals surface area contributed by atoms with Crippen LogP contribution in [0.25, 0.3) is 5.69 Å². The van der Waals surface area contributed by atoms with Crippen LogP contribution >= 0.6 is 0 Å². The highest BCUT2D eigenvalue weighted by Crippen LogP contribution is 2.26. The van der Waals surface area contributed by atoms with Gasteiger partial charge in [-0.05, 0) is 24.6 Å². The Morgan fingerprint density at radius 1 is 1.43 bits per heavy atom. The van der Waals surface area contributed by atoms with Crippen molar-refractivity contribution in [1.82, 2.24) is 9.78 Å². The first kappa shape index (κ1) is 8.62. The quantitative estimate of drug-likeness (QED) is 0.527. The number of hydrogen-bond acceptors (Lipinski definition) is 3. The smallest absolute Gasteiger partial charge is 0.140 e. The van der Waals surface area contributed by atoms with E-state index in [4.69, 9.17) is 5.73 Å². The van der Waals surface area contributed by atoms with E-state index in [1.165, 1.54) is 0 Å². The van der Waals surface area contributed by atoms with Gasteiger partial charge in [-0.25, -0.2) is 4.68 Å². The number of para-hydroxylation sites is 1. The summed E-state index contributed by atoms with van der Waals surface area (Å²) in [5.74, 6) is 0.0793. The number of nitrogens with two attached hydrogens (primary N) is 1. The highest BCUT2D eigenvalue weighted by molar-refractivity contribution is 5.65. The molecule has 0 unspecified atom stereocenters. The standard InChI is InChI=1S/C10H11N3O/c1-7-5-12-13(6-7)8-3-2-4-9(14)10(8)11/h2-6,14H,11H2,1H3. The zero-order valence-corrected chi connectivity index (χ0v) is 7.81. The van der Waals surface area contributed by atoms with Crippen LogP contribution in [0.2, 0.25) is 0 Å². The Hall–Kier alpha value is -1.97. The second-order valence-electron chi connectivity index (χ2n) is 3.17. The van der Waals surface area contributed by atoms with Gasteiger partial charge in [-0.1, -0.05) is 6.07 Å². The van der Waals surface area contributed by atoms with Crippen LogP contribution in [0.1, 0.15) is 5.56 Å². The fourth-order valence-electron chi connectivity index (χ4n) is 1.29. The largest absolute Gasteiger partial charge is 0.506 e. The molecule has 1 aromatic heterocycles. The second-order valence-corrected chi connectivity index (χ2v) is 3.17. The number of phenols is 1. The predicted octanol–water partition coefficient (Wildman–Crippen LogP) is 1.47. The number of aromatic nitrogens is 2. The molecule has 0 amide bonds. The van der Waals surface area contributed by atoms with Crippen molar-refractivity contribution in [2.45, 2.75) is 6.92 Å². The molecule has 1 aromatic carbocycles. The fourth-order valence-corrected chi connectivity index (χ4v) is 1.29. The summed E-state index contributed by atoms with van der Waals surface area (Å²) in [6.45, 7) is 1.95. The van der Waals surface area contributed by atoms with Crippen LogP contribution in [0.15, 0.2) is 30.6 Å². The predicted molar refractivity (Wildman–Crippen MR) is 54.4 cm³/mol. The third kappa shape index (κ3) is 1.31. The molecule has 4 heteroatoms. The zero-order valence-electron chi connectivity index (χ0n) is 7.81. The van der Waals surface area contributed by atoms with E-state index in [1.807, 2.05) is 19.2 Å². The molecule has 2 aromatic rings. The Morgan fingerprint density at radius 2 is 2.21 bits per heavy atom. The van der Waals surface area contributed by atoms with E-state index < -0.39 is 0 Å². The lowest BCUT2D eigenvalue weighted by molar-refractivity contribution is 0.477. The van der Waals surface area contributed by atoms with Gasteiger partial charge in [0, 0.05) is 6.20 Å². The van der Waals surface area contributed by atoms with Crippen molar-refractivity contribution in [3.63, 3.8) is 0 Å². The molecule has 14 heavy (non-hydrogen) atoms. The number of nitrogens with zero attached hydrogens (tertiary/aromatic N) is 2.